The molecule has 0 heterocycles. The maximum absolute atomic E-state index is 12.4. The molecule has 1 aromatic carbocycles. The van der Waals surface area contributed by atoms with Crippen molar-refractivity contribution in [1.82, 2.24) is 0 Å². The van der Waals surface area contributed by atoms with Gasteiger partial charge in [-0.1, -0.05) is 15.9 Å². The van der Waals surface area contributed by atoms with Gasteiger partial charge in [-0.2, -0.15) is 13.2 Å². The van der Waals surface area contributed by atoms with Crippen LogP contribution in [-0.4, -0.2) is 6.04 Å². The van der Waals surface area contributed by atoms with Crippen molar-refractivity contribution in [3.8, 4) is 0 Å². The SMILES string of the molecule is C[C@H](N)Cc1cc(C(F)(F)F)ccc1Br. The molecule has 0 spiro atoms. The molecule has 15 heavy (non-hydrogen) atoms. The zero-order valence-electron chi connectivity index (χ0n) is 8.11. The van der Waals surface area contributed by atoms with Crippen molar-refractivity contribution in [3.63, 3.8) is 0 Å². The van der Waals surface area contributed by atoms with Gasteiger partial charge < -0.3 is 5.73 Å². The fourth-order valence-electron chi connectivity index (χ4n) is 1.25. The predicted molar refractivity (Wildman–Crippen MR) is 56.5 cm³/mol. The summed E-state index contributed by atoms with van der Waals surface area (Å²) in [5.74, 6) is 0. The van der Waals surface area contributed by atoms with E-state index in [1.165, 1.54) is 6.07 Å². The molecule has 0 fully saturated rings. The maximum atomic E-state index is 12.4. The molecule has 0 saturated carbocycles. The summed E-state index contributed by atoms with van der Waals surface area (Å²) in [7, 11) is 0. The van der Waals surface area contributed by atoms with Gasteiger partial charge in [0.2, 0.25) is 0 Å². The van der Waals surface area contributed by atoms with Gasteiger partial charge in [0, 0.05) is 10.5 Å². The van der Waals surface area contributed by atoms with Gasteiger partial charge in [0.15, 0.2) is 0 Å². The number of halogens is 4. The zero-order valence-corrected chi connectivity index (χ0v) is 9.69. The Morgan fingerprint density at radius 3 is 2.47 bits per heavy atom. The molecule has 0 aromatic heterocycles. The molecule has 1 nitrogen and oxygen atoms in total. The molecule has 2 N–H and O–H groups in total. The lowest BCUT2D eigenvalue weighted by atomic mass is 10.0. The van der Waals surface area contributed by atoms with E-state index in [-0.39, 0.29) is 6.04 Å². The highest BCUT2D eigenvalue weighted by molar-refractivity contribution is 9.10. The first-order chi connectivity index (χ1) is 6.80. The van der Waals surface area contributed by atoms with Gasteiger partial charge in [-0.3, -0.25) is 0 Å². The summed E-state index contributed by atoms with van der Waals surface area (Å²) < 4.78 is 37.8. The summed E-state index contributed by atoms with van der Waals surface area (Å²) in [5, 5.41) is 0. The van der Waals surface area contributed by atoms with Crippen LogP contribution in [-0.2, 0) is 12.6 Å². The van der Waals surface area contributed by atoms with Gasteiger partial charge in [-0.15, -0.1) is 0 Å². The van der Waals surface area contributed by atoms with Crippen LogP contribution in [0.15, 0.2) is 22.7 Å². The number of nitrogens with two attached hydrogens (primary N) is 1. The first-order valence-corrected chi connectivity index (χ1v) is 5.21. The van der Waals surface area contributed by atoms with Crippen LogP contribution in [0.5, 0.6) is 0 Å². The van der Waals surface area contributed by atoms with E-state index in [9.17, 15) is 13.2 Å². The first kappa shape index (κ1) is 12.5. The van der Waals surface area contributed by atoms with Gasteiger partial charge >= 0.3 is 6.18 Å². The standard InChI is InChI=1S/C10H11BrF3N/c1-6(15)4-7-5-8(10(12,13)14)2-3-9(7)11/h2-3,5-6H,4,15H2,1H3/t6-/m0/s1. The van der Waals surface area contributed by atoms with Crippen LogP contribution in [0, 0.1) is 0 Å². The van der Waals surface area contributed by atoms with E-state index >= 15 is 0 Å². The Morgan fingerprint density at radius 2 is 2.00 bits per heavy atom. The van der Waals surface area contributed by atoms with Crippen LogP contribution >= 0.6 is 15.9 Å². The molecule has 0 unspecified atom stereocenters. The molecule has 84 valence electrons. The summed E-state index contributed by atoms with van der Waals surface area (Å²) in [5.41, 5.74) is 5.50. The summed E-state index contributed by atoms with van der Waals surface area (Å²) in [6.45, 7) is 1.76. The highest BCUT2D eigenvalue weighted by Crippen LogP contribution is 2.32. The number of benzene rings is 1. The van der Waals surface area contributed by atoms with Crippen LogP contribution in [0.1, 0.15) is 18.1 Å². The highest BCUT2D eigenvalue weighted by Gasteiger charge is 2.30. The van der Waals surface area contributed by atoms with Crippen molar-refractivity contribution in [2.24, 2.45) is 5.73 Å². The molecule has 5 heteroatoms. The monoisotopic (exact) mass is 281 g/mol. The lowest BCUT2D eigenvalue weighted by molar-refractivity contribution is -0.137. The summed E-state index contributed by atoms with van der Waals surface area (Å²) >= 11 is 3.20. The van der Waals surface area contributed by atoms with E-state index in [0.717, 1.165) is 12.1 Å². The third-order valence-electron chi connectivity index (χ3n) is 1.91. The van der Waals surface area contributed by atoms with Crippen molar-refractivity contribution >= 4 is 15.9 Å². The third kappa shape index (κ3) is 3.50. The number of hydrogen-bond acceptors (Lipinski definition) is 1. The van der Waals surface area contributed by atoms with Crippen LogP contribution in [0.3, 0.4) is 0 Å². The maximum Gasteiger partial charge on any atom is 0.416 e. The average Bonchev–Trinajstić information content (AvgIpc) is 2.06. The second-order valence-corrected chi connectivity index (χ2v) is 4.34. The topological polar surface area (TPSA) is 26.0 Å². The molecule has 0 saturated heterocycles. The molecule has 0 bridgehead atoms. The normalized spacial score (nSPS) is 14.0. The summed E-state index contributed by atoms with van der Waals surface area (Å²) in [6.07, 6.45) is -3.88. The molecule has 0 aliphatic rings. The number of alkyl halides is 3. The van der Waals surface area contributed by atoms with E-state index in [4.69, 9.17) is 5.73 Å². The zero-order chi connectivity index (χ0) is 11.6. The molecule has 0 aliphatic heterocycles. The fourth-order valence-corrected chi connectivity index (χ4v) is 1.66. The molecule has 1 rings (SSSR count). The Kier molecular flexibility index (Phi) is 3.78. The lowest BCUT2D eigenvalue weighted by Gasteiger charge is -2.12. The van der Waals surface area contributed by atoms with Gasteiger partial charge in [-0.05, 0) is 37.1 Å². The van der Waals surface area contributed by atoms with Crippen LogP contribution < -0.4 is 5.73 Å². The van der Waals surface area contributed by atoms with E-state index < -0.39 is 11.7 Å². The molecule has 0 aliphatic carbocycles. The van der Waals surface area contributed by atoms with Gasteiger partial charge in [0.05, 0.1) is 5.56 Å². The van der Waals surface area contributed by atoms with Gasteiger partial charge in [0.25, 0.3) is 0 Å². The molecular formula is C10H11BrF3N. The smallest absolute Gasteiger partial charge is 0.328 e. The van der Waals surface area contributed by atoms with Crippen molar-refractivity contribution in [1.29, 1.82) is 0 Å². The van der Waals surface area contributed by atoms with Crippen molar-refractivity contribution in [2.75, 3.05) is 0 Å². The van der Waals surface area contributed by atoms with E-state index in [1.807, 2.05) is 0 Å². The van der Waals surface area contributed by atoms with Gasteiger partial charge in [-0.25, -0.2) is 0 Å². The predicted octanol–water partition coefficient (Wildman–Crippen LogP) is 3.36. The Labute approximate surface area is 94.6 Å². The van der Waals surface area contributed by atoms with Crippen LogP contribution in [0.2, 0.25) is 0 Å². The third-order valence-corrected chi connectivity index (χ3v) is 2.69. The Hall–Kier alpha value is -0.550. The van der Waals surface area contributed by atoms with E-state index in [0.29, 0.717) is 16.5 Å². The highest BCUT2D eigenvalue weighted by atomic mass is 79.9. The number of hydrogen-bond donors (Lipinski definition) is 1. The van der Waals surface area contributed by atoms with Crippen molar-refractivity contribution < 1.29 is 13.2 Å². The summed E-state index contributed by atoms with van der Waals surface area (Å²) in [6, 6.07) is 3.42. The summed E-state index contributed by atoms with van der Waals surface area (Å²) in [4.78, 5) is 0. The molecule has 0 amide bonds. The molecule has 1 atom stereocenters. The van der Waals surface area contributed by atoms with E-state index in [2.05, 4.69) is 15.9 Å². The minimum absolute atomic E-state index is 0.162. The van der Waals surface area contributed by atoms with Crippen molar-refractivity contribution in [3.05, 3.63) is 33.8 Å². The molecular weight excluding hydrogens is 271 g/mol. The second kappa shape index (κ2) is 4.53. The number of rotatable bonds is 2. The van der Waals surface area contributed by atoms with E-state index in [1.54, 1.807) is 6.92 Å². The van der Waals surface area contributed by atoms with Crippen molar-refractivity contribution in [2.45, 2.75) is 25.6 Å². The largest absolute Gasteiger partial charge is 0.416 e. The molecule has 0 radical (unpaired) electrons. The minimum atomic E-state index is -4.30. The fraction of sp³-hybridized carbons (Fsp3) is 0.400. The van der Waals surface area contributed by atoms with Crippen LogP contribution in [0.25, 0.3) is 0 Å². The Bertz CT molecular complexity index is 347. The lowest BCUT2D eigenvalue weighted by Crippen LogP contribution is -2.18. The quantitative estimate of drug-likeness (QED) is 0.884. The second-order valence-electron chi connectivity index (χ2n) is 3.49. The average molecular weight is 282 g/mol. The minimum Gasteiger partial charge on any atom is -0.328 e. The Balaban J connectivity index is 3.06. The first-order valence-electron chi connectivity index (χ1n) is 4.42. The van der Waals surface area contributed by atoms with Crippen LogP contribution in [0.4, 0.5) is 13.2 Å². The Morgan fingerprint density at radius 1 is 1.40 bits per heavy atom. The van der Waals surface area contributed by atoms with Gasteiger partial charge in [0.1, 0.15) is 0 Å². The molecule has 1 aromatic rings.